The number of benzene rings is 1. The average Bonchev–Trinajstić information content (AvgIpc) is 3.05. The van der Waals surface area contributed by atoms with E-state index in [1.165, 1.54) is 11.9 Å². The first-order chi connectivity index (χ1) is 14.2. The number of Topliss-reactive ketones (excluding diaryl/α,β-unsaturated/α-hetero) is 1. The van der Waals surface area contributed by atoms with Crippen molar-refractivity contribution in [3.63, 3.8) is 0 Å². The quantitative estimate of drug-likeness (QED) is 0.611. The Kier molecular flexibility index (Phi) is 6.87. The highest BCUT2D eigenvalue weighted by Gasteiger charge is 2.48. The SMILES string of the molecule is CN(C(=O)COC(=O)CC1CCS(=O)(=O)C1)C1(c2ccccc2Cl)CCCCC1=O. The van der Waals surface area contributed by atoms with Crippen molar-refractivity contribution in [2.45, 2.75) is 44.1 Å². The number of carbonyl (C=O) groups excluding carboxylic acids is 3. The fourth-order valence-corrected chi connectivity index (χ4v) is 6.56. The molecule has 1 aromatic rings. The number of esters is 1. The molecule has 0 spiro atoms. The molecule has 0 radical (unpaired) electrons. The summed E-state index contributed by atoms with van der Waals surface area (Å²) in [5, 5.41) is 0.409. The Morgan fingerprint density at radius 3 is 2.63 bits per heavy atom. The van der Waals surface area contributed by atoms with Gasteiger partial charge in [-0.25, -0.2) is 8.42 Å². The molecule has 2 atom stereocenters. The van der Waals surface area contributed by atoms with Crippen LogP contribution in [-0.2, 0) is 34.5 Å². The van der Waals surface area contributed by atoms with E-state index in [0.29, 0.717) is 29.8 Å². The molecule has 0 N–H and O–H groups in total. The van der Waals surface area contributed by atoms with Crippen molar-refractivity contribution >= 4 is 39.1 Å². The summed E-state index contributed by atoms with van der Waals surface area (Å²) in [5.41, 5.74) is -0.603. The van der Waals surface area contributed by atoms with Crippen molar-refractivity contribution in [3.8, 4) is 0 Å². The van der Waals surface area contributed by atoms with Crippen LogP contribution in [0, 0.1) is 5.92 Å². The van der Waals surface area contributed by atoms with Crippen LogP contribution in [0.1, 0.15) is 44.1 Å². The van der Waals surface area contributed by atoms with Gasteiger partial charge in [-0.2, -0.15) is 0 Å². The number of likely N-dealkylation sites (N-methyl/N-ethyl adjacent to an activating group) is 1. The number of ether oxygens (including phenoxy) is 1. The lowest BCUT2D eigenvalue weighted by Gasteiger charge is -2.43. The van der Waals surface area contributed by atoms with Crippen LogP contribution in [0.2, 0.25) is 5.02 Å². The first-order valence-electron chi connectivity index (χ1n) is 10.1. The van der Waals surface area contributed by atoms with Gasteiger partial charge in [0, 0.05) is 30.5 Å². The molecule has 1 saturated heterocycles. The van der Waals surface area contributed by atoms with E-state index in [2.05, 4.69) is 0 Å². The van der Waals surface area contributed by atoms with Gasteiger partial charge >= 0.3 is 5.97 Å². The summed E-state index contributed by atoms with van der Waals surface area (Å²) < 4.78 is 28.2. The topological polar surface area (TPSA) is 97.8 Å². The second-order valence-electron chi connectivity index (χ2n) is 8.06. The summed E-state index contributed by atoms with van der Waals surface area (Å²) in [4.78, 5) is 39.4. The molecule has 1 saturated carbocycles. The maximum absolute atomic E-state index is 13.0. The molecule has 0 bridgehead atoms. The number of ketones is 1. The molecule has 2 fully saturated rings. The summed E-state index contributed by atoms with van der Waals surface area (Å²) in [5.74, 6) is -1.42. The Bertz CT molecular complexity index is 947. The van der Waals surface area contributed by atoms with Crippen LogP contribution in [0.25, 0.3) is 0 Å². The fraction of sp³-hybridized carbons (Fsp3) is 0.571. The van der Waals surface area contributed by atoms with E-state index in [1.807, 2.05) is 0 Å². The van der Waals surface area contributed by atoms with E-state index >= 15 is 0 Å². The largest absolute Gasteiger partial charge is 0.456 e. The molecule has 1 heterocycles. The van der Waals surface area contributed by atoms with Crippen LogP contribution in [0.5, 0.6) is 0 Å². The van der Waals surface area contributed by atoms with Gasteiger partial charge in [0.2, 0.25) is 0 Å². The van der Waals surface area contributed by atoms with E-state index < -0.39 is 33.9 Å². The number of rotatable bonds is 6. The molecule has 2 aliphatic rings. The molecular weight excluding hydrogens is 430 g/mol. The third-order valence-electron chi connectivity index (χ3n) is 6.06. The lowest BCUT2D eigenvalue weighted by atomic mass is 9.74. The molecule has 1 aromatic carbocycles. The van der Waals surface area contributed by atoms with Crippen molar-refractivity contribution in [3.05, 3.63) is 34.9 Å². The molecule has 1 aliphatic carbocycles. The third kappa shape index (κ3) is 4.70. The predicted molar refractivity (Wildman–Crippen MR) is 112 cm³/mol. The van der Waals surface area contributed by atoms with Crippen molar-refractivity contribution in [1.29, 1.82) is 0 Å². The van der Waals surface area contributed by atoms with E-state index in [-0.39, 0.29) is 29.6 Å². The van der Waals surface area contributed by atoms with Crippen molar-refractivity contribution in [2.75, 3.05) is 25.2 Å². The van der Waals surface area contributed by atoms with Gasteiger partial charge in [0.25, 0.3) is 5.91 Å². The van der Waals surface area contributed by atoms with Crippen LogP contribution < -0.4 is 0 Å². The zero-order valence-electron chi connectivity index (χ0n) is 16.9. The third-order valence-corrected chi connectivity index (χ3v) is 8.23. The minimum Gasteiger partial charge on any atom is -0.456 e. The van der Waals surface area contributed by atoms with Crippen LogP contribution >= 0.6 is 11.6 Å². The molecule has 3 rings (SSSR count). The smallest absolute Gasteiger partial charge is 0.306 e. The summed E-state index contributed by atoms with van der Waals surface area (Å²) in [6.45, 7) is -0.506. The van der Waals surface area contributed by atoms with Gasteiger partial charge in [-0.1, -0.05) is 29.8 Å². The van der Waals surface area contributed by atoms with Crippen LogP contribution in [0.15, 0.2) is 24.3 Å². The summed E-state index contributed by atoms with van der Waals surface area (Å²) >= 11 is 6.38. The van der Waals surface area contributed by atoms with Crippen LogP contribution in [-0.4, -0.2) is 56.1 Å². The number of hydrogen-bond donors (Lipinski definition) is 0. The van der Waals surface area contributed by atoms with Crippen molar-refractivity contribution in [2.24, 2.45) is 5.92 Å². The maximum atomic E-state index is 13.0. The second-order valence-corrected chi connectivity index (χ2v) is 10.7. The Hall–Kier alpha value is -1.93. The number of carbonyl (C=O) groups is 3. The standard InChI is InChI=1S/C21H26ClNO6S/c1-23(19(25)13-29-20(26)12-15-9-11-30(27,28)14-15)21(10-5-4-8-18(21)24)16-6-2-3-7-17(16)22/h2-3,6-7,15H,4-5,8-14H2,1H3. The highest BCUT2D eigenvalue weighted by Crippen LogP contribution is 2.42. The molecule has 2 unspecified atom stereocenters. The first-order valence-corrected chi connectivity index (χ1v) is 12.3. The maximum Gasteiger partial charge on any atom is 0.306 e. The molecule has 164 valence electrons. The lowest BCUT2D eigenvalue weighted by molar-refractivity contribution is -0.158. The molecular formula is C21H26ClNO6S. The number of halogens is 1. The van der Waals surface area contributed by atoms with Crippen LogP contribution in [0.3, 0.4) is 0 Å². The van der Waals surface area contributed by atoms with E-state index in [1.54, 1.807) is 24.3 Å². The first kappa shape index (κ1) is 22.7. The van der Waals surface area contributed by atoms with Crippen molar-refractivity contribution < 1.29 is 27.5 Å². The van der Waals surface area contributed by atoms with Gasteiger partial charge < -0.3 is 9.64 Å². The van der Waals surface area contributed by atoms with E-state index in [4.69, 9.17) is 16.3 Å². The minimum absolute atomic E-state index is 0.0277. The molecule has 9 heteroatoms. The molecule has 1 aliphatic heterocycles. The Morgan fingerprint density at radius 2 is 2.00 bits per heavy atom. The highest BCUT2D eigenvalue weighted by atomic mass is 35.5. The van der Waals surface area contributed by atoms with Crippen LogP contribution in [0.4, 0.5) is 0 Å². The summed E-state index contributed by atoms with van der Waals surface area (Å²) in [6, 6.07) is 6.98. The minimum atomic E-state index is -3.08. The van der Waals surface area contributed by atoms with E-state index in [0.717, 1.165) is 12.8 Å². The summed E-state index contributed by atoms with van der Waals surface area (Å²) in [6.07, 6.45) is 2.71. The Morgan fingerprint density at radius 1 is 1.27 bits per heavy atom. The van der Waals surface area contributed by atoms with E-state index in [9.17, 15) is 22.8 Å². The Labute approximate surface area is 181 Å². The fourth-order valence-electron chi connectivity index (χ4n) is 4.41. The average molecular weight is 456 g/mol. The number of sulfone groups is 1. The van der Waals surface area contributed by atoms with Gasteiger partial charge in [0.1, 0.15) is 5.54 Å². The number of nitrogens with zero attached hydrogens (tertiary/aromatic N) is 1. The molecule has 1 amide bonds. The van der Waals surface area contributed by atoms with Crippen molar-refractivity contribution in [1.82, 2.24) is 4.90 Å². The molecule has 30 heavy (non-hydrogen) atoms. The normalized spacial score (nSPS) is 25.7. The number of hydrogen-bond acceptors (Lipinski definition) is 6. The Balaban J connectivity index is 1.70. The zero-order chi connectivity index (χ0) is 21.9. The molecule has 0 aromatic heterocycles. The number of amides is 1. The predicted octanol–water partition coefficient (Wildman–Crippen LogP) is 2.50. The second kappa shape index (κ2) is 9.06. The lowest BCUT2D eigenvalue weighted by Crippen LogP contribution is -2.55. The van der Waals surface area contributed by atoms with Gasteiger partial charge in [0.15, 0.2) is 22.2 Å². The molecule has 7 nitrogen and oxygen atoms in total. The monoisotopic (exact) mass is 455 g/mol. The van der Waals surface area contributed by atoms with Gasteiger partial charge in [-0.3, -0.25) is 14.4 Å². The highest BCUT2D eigenvalue weighted by molar-refractivity contribution is 7.91. The zero-order valence-corrected chi connectivity index (χ0v) is 18.5. The van der Waals surface area contributed by atoms with Gasteiger partial charge in [-0.05, 0) is 37.7 Å². The van der Waals surface area contributed by atoms with Gasteiger partial charge in [-0.15, -0.1) is 0 Å². The summed E-state index contributed by atoms with van der Waals surface area (Å²) in [7, 11) is -1.55. The van der Waals surface area contributed by atoms with Gasteiger partial charge in [0.05, 0.1) is 11.5 Å².